The molecule has 3 rings (SSSR count). The van der Waals surface area contributed by atoms with Crippen molar-refractivity contribution < 1.29 is 22.7 Å². The second kappa shape index (κ2) is 7.53. The summed E-state index contributed by atoms with van der Waals surface area (Å²) in [6.45, 7) is 0.318. The molecule has 0 heterocycles. The maximum atomic E-state index is 12.7. The van der Waals surface area contributed by atoms with Crippen LogP contribution in [0, 0.1) is 0 Å². The summed E-state index contributed by atoms with van der Waals surface area (Å²) in [5.74, 6) is -0.238. The van der Waals surface area contributed by atoms with Crippen molar-refractivity contribution in [2.24, 2.45) is 5.73 Å². The normalized spacial score (nSPS) is 11.2. The number of hydrogen-bond donors (Lipinski definition) is 1. The summed E-state index contributed by atoms with van der Waals surface area (Å²) >= 11 is 0. The van der Waals surface area contributed by atoms with Crippen molar-refractivity contribution in [2.75, 3.05) is 0 Å². The molecule has 3 nitrogen and oxygen atoms in total. The zero-order valence-electron chi connectivity index (χ0n) is 14.2. The largest absolute Gasteiger partial charge is 0.489 e. The van der Waals surface area contributed by atoms with E-state index in [0.29, 0.717) is 23.5 Å². The van der Waals surface area contributed by atoms with Gasteiger partial charge < -0.3 is 10.5 Å². The molecule has 0 aromatic heterocycles. The average Bonchev–Trinajstić information content (AvgIpc) is 2.66. The van der Waals surface area contributed by atoms with Crippen molar-refractivity contribution in [1.29, 1.82) is 0 Å². The third-order valence-corrected chi connectivity index (χ3v) is 4.03. The van der Waals surface area contributed by atoms with E-state index in [1.807, 2.05) is 30.3 Å². The summed E-state index contributed by atoms with van der Waals surface area (Å²) in [7, 11) is 0. The van der Waals surface area contributed by atoms with E-state index in [2.05, 4.69) is 0 Å². The number of ether oxygens (including phenoxy) is 1. The van der Waals surface area contributed by atoms with Crippen LogP contribution >= 0.6 is 0 Å². The maximum absolute atomic E-state index is 12.7. The van der Waals surface area contributed by atoms with Gasteiger partial charge in [-0.25, -0.2) is 0 Å². The van der Waals surface area contributed by atoms with Gasteiger partial charge in [0.2, 0.25) is 5.91 Å². The minimum absolute atomic E-state index is 0.181. The third-order valence-electron chi connectivity index (χ3n) is 4.03. The lowest BCUT2D eigenvalue weighted by molar-refractivity contribution is -0.137. The second-order valence-electron chi connectivity index (χ2n) is 5.92. The van der Waals surface area contributed by atoms with Gasteiger partial charge in [0.05, 0.1) is 11.1 Å². The fourth-order valence-corrected chi connectivity index (χ4v) is 2.65. The molecule has 0 atom stereocenters. The Balaban J connectivity index is 1.87. The summed E-state index contributed by atoms with van der Waals surface area (Å²) < 4.78 is 43.8. The number of benzene rings is 3. The number of amides is 1. The van der Waals surface area contributed by atoms with Crippen LogP contribution in [0.15, 0.2) is 72.8 Å². The fraction of sp³-hybridized carbons (Fsp3) is 0.0952. The van der Waals surface area contributed by atoms with Gasteiger partial charge in [0.1, 0.15) is 12.4 Å². The summed E-state index contributed by atoms with van der Waals surface area (Å²) in [6.07, 6.45) is -4.42. The van der Waals surface area contributed by atoms with Crippen LogP contribution in [-0.2, 0) is 12.8 Å². The third kappa shape index (κ3) is 4.47. The lowest BCUT2D eigenvalue weighted by Crippen LogP contribution is -2.13. The van der Waals surface area contributed by atoms with E-state index >= 15 is 0 Å². The molecule has 0 bridgehead atoms. The van der Waals surface area contributed by atoms with Crippen molar-refractivity contribution in [2.45, 2.75) is 12.8 Å². The summed E-state index contributed by atoms with van der Waals surface area (Å²) in [4.78, 5) is 11.8. The van der Waals surface area contributed by atoms with Crippen LogP contribution in [-0.4, -0.2) is 5.91 Å². The van der Waals surface area contributed by atoms with Gasteiger partial charge >= 0.3 is 6.18 Å². The molecule has 0 saturated carbocycles. The number of halogens is 3. The molecular formula is C21H16F3NO2. The molecule has 0 spiro atoms. The van der Waals surface area contributed by atoms with Crippen LogP contribution in [0.4, 0.5) is 13.2 Å². The lowest BCUT2D eigenvalue weighted by Gasteiger charge is -2.12. The maximum Gasteiger partial charge on any atom is 0.416 e. The first-order valence-electron chi connectivity index (χ1n) is 8.13. The minimum Gasteiger partial charge on any atom is -0.489 e. The van der Waals surface area contributed by atoms with Gasteiger partial charge in [-0.2, -0.15) is 13.2 Å². The zero-order chi connectivity index (χ0) is 19.4. The highest BCUT2D eigenvalue weighted by Gasteiger charge is 2.30. The van der Waals surface area contributed by atoms with Gasteiger partial charge in [-0.05, 0) is 47.0 Å². The number of carbonyl (C=O) groups is 1. The number of primary amides is 1. The van der Waals surface area contributed by atoms with Gasteiger partial charge in [-0.15, -0.1) is 0 Å². The van der Waals surface area contributed by atoms with E-state index in [-0.39, 0.29) is 5.56 Å². The molecule has 0 aliphatic rings. The van der Waals surface area contributed by atoms with Gasteiger partial charge in [0.15, 0.2) is 0 Å². The Morgan fingerprint density at radius 3 is 2.19 bits per heavy atom. The molecule has 0 fully saturated rings. The molecule has 0 unspecified atom stereocenters. The Bertz CT molecular complexity index is 936. The van der Waals surface area contributed by atoms with E-state index in [9.17, 15) is 18.0 Å². The summed E-state index contributed by atoms with van der Waals surface area (Å²) in [5, 5.41) is 0. The fourth-order valence-electron chi connectivity index (χ4n) is 2.65. The van der Waals surface area contributed by atoms with Crippen molar-refractivity contribution in [3.05, 3.63) is 89.5 Å². The Labute approximate surface area is 154 Å². The Morgan fingerprint density at radius 1 is 0.926 bits per heavy atom. The first-order valence-corrected chi connectivity index (χ1v) is 8.13. The SMILES string of the molecule is NC(=O)c1cc(OCc2ccccc2)ccc1-c1ccc(C(F)(F)F)cc1. The van der Waals surface area contributed by atoms with E-state index in [0.717, 1.165) is 17.7 Å². The molecule has 0 aliphatic carbocycles. The van der Waals surface area contributed by atoms with Crippen LogP contribution in [0.5, 0.6) is 5.75 Å². The molecule has 0 radical (unpaired) electrons. The highest BCUT2D eigenvalue weighted by Crippen LogP contribution is 2.32. The van der Waals surface area contributed by atoms with Crippen LogP contribution < -0.4 is 10.5 Å². The predicted octanol–water partition coefficient (Wildman–Crippen LogP) is 5.05. The molecule has 2 N–H and O–H groups in total. The number of rotatable bonds is 5. The first-order chi connectivity index (χ1) is 12.8. The molecule has 27 heavy (non-hydrogen) atoms. The standard InChI is InChI=1S/C21H16F3NO2/c22-21(23,24)16-8-6-15(7-9-16)18-11-10-17(12-19(18)20(25)26)27-13-14-4-2-1-3-5-14/h1-12H,13H2,(H2,25,26). The van der Waals surface area contributed by atoms with Gasteiger partial charge in [0, 0.05) is 0 Å². The summed E-state index contributed by atoms with van der Waals surface area (Å²) in [6, 6.07) is 18.8. The molecule has 3 aromatic carbocycles. The average molecular weight is 371 g/mol. The van der Waals surface area contributed by atoms with Crippen molar-refractivity contribution in [3.8, 4) is 16.9 Å². The highest BCUT2D eigenvalue weighted by atomic mass is 19.4. The van der Waals surface area contributed by atoms with E-state index in [1.54, 1.807) is 12.1 Å². The van der Waals surface area contributed by atoms with Gasteiger partial charge in [-0.1, -0.05) is 42.5 Å². The van der Waals surface area contributed by atoms with Gasteiger partial charge in [0.25, 0.3) is 0 Å². The molecule has 0 aliphatic heterocycles. The molecule has 6 heteroatoms. The van der Waals surface area contributed by atoms with E-state index < -0.39 is 17.6 Å². The van der Waals surface area contributed by atoms with Crippen LogP contribution in [0.1, 0.15) is 21.5 Å². The minimum atomic E-state index is -4.42. The highest BCUT2D eigenvalue weighted by molar-refractivity contribution is 6.00. The number of alkyl halides is 3. The van der Waals surface area contributed by atoms with E-state index in [4.69, 9.17) is 10.5 Å². The number of nitrogens with two attached hydrogens (primary N) is 1. The van der Waals surface area contributed by atoms with Crippen LogP contribution in [0.25, 0.3) is 11.1 Å². The molecular weight excluding hydrogens is 355 g/mol. The zero-order valence-corrected chi connectivity index (χ0v) is 14.2. The van der Waals surface area contributed by atoms with Crippen molar-refractivity contribution in [1.82, 2.24) is 0 Å². The van der Waals surface area contributed by atoms with Crippen molar-refractivity contribution >= 4 is 5.91 Å². The quantitative estimate of drug-likeness (QED) is 0.682. The second-order valence-corrected chi connectivity index (χ2v) is 5.92. The van der Waals surface area contributed by atoms with Crippen LogP contribution in [0.2, 0.25) is 0 Å². The number of hydrogen-bond acceptors (Lipinski definition) is 2. The van der Waals surface area contributed by atoms with Gasteiger partial charge in [-0.3, -0.25) is 4.79 Å². The molecule has 1 amide bonds. The topological polar surface area (TPSA) is 52.3 Å². The number of carbonyl (C=O) groups excluding carboxylic acids is 1. The Morgan fingerprint density at radius 2 is 1.59 bits per heavy atom. The predicted molar refractivity (Wildman–Crippen MR) is 96.2 cm³/mol. The lowest BCUT2D eigenvalue weighted by atomic mass is 9.98. The molecule has 3 aromatic rings. The van der Waals surface area contributed by atoms with Crippen molar-refractivity contribution in [3.63, 3.8) is 0 Å². The first kappa shape index (κ1) is 18.5. The van der Waals surface area contributed by atoms with E-state index in [1.165, 1.54) is 18.2 Å². The Kier molecular flexibility index (Phi) is 5.16. The smallest absolute Gasteiger partial charge is 0.416 e. The molecule has 0 saturated heterocycles. The molecule has 138 valence electrons. The Hall–Kier alpha value is -3.28. The monoisotopic (exact) mass is 371 g/mol. The summed E-state index contributed by atoms with van der Waals surface area (Å²) in [5.41, 5.74) is 6.75. The van der Waals surface area contributed by atoms with Crippen LogP contribution in [0.3, 0.4) is 0 Å².